The van der Waals surface area contributed by atoms with E-state index in [1.54, 1.807) is 0 Å². The minimum absolute atomic E-state index is 0.106. The molecule has 56 heavy (non-hydrogen) atoms. The molecule has 1 heterocycles. The average molecular weight is 727 g/mol. The third kappa shape index (κ3) is 5.96. The Labute approximate surface area is 333 Å². The number of hydrogen-bond donors (Lipinski definition) is 0. The molecule has 0 fully saturated rings. The summed E-state index contributed by atoms with van der Waals surface area (Å²) >= 11 is 0. The predicted octanol–water partition coefficient (Wildman–Crippen LogP) is 15.0. The van der Waals surface area contributed by atoms with Crippen LogP contribution < -0.4 is 9.80 Å². The summed E-state index contributed by atoms with van der Waals surface area (Å²) in [6.45, 7) is 16.3. The SMILES string of the molecule is CC(C)(C)c1ccc(N2c3ccccc3C(C)(C)c3cc(/C=C/c4ccc5c(c4)C(C)(C)c4cc(N(c6ccccc6)c6ccccc6)ccc4-5)ccc32)cc1. The fourth-order valence-electron chi connectivity index (χ4n) is 8.99. The number of benzene rings is 7. The van der Waals surface area contributed by atoms with E-state index in [-0.39, 0.29) is 16.2 Å². The lowest BCUT2D eigenvalue weighted by Crippen LogP contribution is -2.30. The van der Waals surface area contributed by atoms with Gasteiger partial charge < -0.3 is 9.80 Å². The molecule has 0 radical (unpaired) electrons. The van der Waals surface area contributed by atoms with Gasteiger partial charge in [0.15, 0.2) is 0 Å². The Hall–Kier alpha value is -6.12. The summed E-state index contributed by atoms with van der Waals surface area (Å²) in [5.41, 5.74) is 18.7. The Morgan fingerprint density at radius 1 is 0.446 bits per heavy atom. The molecule has 0 atom stereocenters. The third-order valence-electron chi connectivity index (χ3n) is 12.2. The van der Waals surface area contributed by atoms with Crippen molar-refractivity contribution in [2.24, 2.45) is 0 Å². The van der Waals surface area contributed by atoms with Crippen LogP contribution in [0.3, 0.4) is 0 Å². The Balaban J connectivity index is 1.04. The third-order valence-corrected chi connectivity index (χ3v) is 12.2. The van der Waals surface area contributed by atoms with E-state index >= 15 is 0 Å². The average Bonchev–Trinajstić information content (AvgIpc) is 3.43. The fraction of sp³-hybridized carbons (Fsp3) is 0.185. The van der Waals surface area contributed by atoms with E-state index in [4.69, 9.17) is 0 Å². The van der Waals surface area contributed by atoms with Crippen molar-refractivity contribution >= 4 is 46.3 Å². The largest absolute Gasteiger partial charge is 0.310 e. The number of hydrogen-bond acceptors (Lipinski definition) is 2. The van der Waals surface area contributed by atoms with Gasteiger partial charge in [-0.2, -0.15) is 0 Å². The Morgan fingerprint density at radius 2 is 0.946 bits per heavy atom. The van der Waals surface area contributed by atoms with Crippen molar-refractivity contribution in [1.29, 1.82) is 0 Å². The first-order valence-electron chi connectivity index (χ1n) is 19.9. The molecule has 0 amide bonds. The molecule has 0 N–H and O–H groups in total. The fourth-order valence-corrected chi connectivity index (χ4v) is 8.99. The smallest absolute Gasteiger partial charge is 0.0503 e. The van der Waals surface area contributed by atoms with Crippen LogP contribution in [0.5, 0.6) is 0 Å². The van der Waals surface area contributed by atoms with Gasteiger partial charge in [0, 0.05) is 33.6 Å². The van der Waals surface area contributed by atoms with Crippen LogP contribution in [-0.2, 0) is 16.2 Å². The molecule has 1 aliphatic carbocycles. The minimum Gasteiger partial charge on any atom is -0.310 e. The zero-order valence-electron chi connectivity index (χ0n) is 33.6. The van der Waals surface area contributed by atoms with E-state index in [1.807, 2.05) is 0 Å². The van der Waals surface area contributed by atoms with Crippen molar-refractivity contribution in [1.82, 2.24) is 0 Å². The highest BCUT2D eigenvalue weighted by atomic mass is 15.2. The molecule has 9 rings (SSSR count). The summed E-state index contributed by atoms with van der Waals surface area (Å²) in [5.74, 6) is 0. The van der Waals surface area contributed by atoms with Crippen LogP contribution in [0.1, 0.15) is 87.4 Å². The van der Waals surface area contributed by atoms with Crippen LogP contribution in [0, 0.1) is 0 Å². The lowest BCUT2D eigenvalue weighted by atomic mass is 9.73. The Kier molecular flexibility index (Phi) is 8.43. The summed E-state index contributed by atoms with van der Waals surface area (Å²) in [4.78, 5) is 4.80. The number of rotatable bonds is 6. The van der Waals surface area contributed by atoms with Crippen molar-refractivity contribution in [3.8, 4) is 11.1 Å². The van der Waals surface area contributed by atoms with Gasteiger partial charge in [-0.15, -0.1) is 0 Å². The quantitative estimate of drug-likeness (QED) is 0.157. The van der Waals surface area contributed by atoms with E-state index < -0.39 is 0 Å². The van der Waals surface area contributed by atoms with Gasteiger partial charge in [-0.1, -0.05) is 158 Å². The highest BCUT2D eigenvalue weighted by Crippen LogP contribution is 2.53. The maximum absolute atomic E-state index is 2.44. The van der Waals surface area contributed by atoms with Crippen molar-refractivity contribution in [2.45, 2.75) is 64.7 Å². The minimum atomic E-state index is -0.156. The zero-order valence-corrected chi connectivity index (χ0v) is 33.6. The maximum atomic E-state index is 2.44. The molecule has 2 aliphatic rings. The monoisotopic (exact) mass is 726 g/mol. The standard InChI is InChI=1S/C54H50N2/c1-52(2,3)39-26-28-42(29-27-39)56-50-21-15-14-20-46(50)53(4,5)49-35-38(25-33-51(49)56)23-22-37-24-31-44-45-32-30-43(36-48(45)54(6,7)47(44)34-37)55(40-16-10-8-11-17-40)41-18-12-9-13-19-41/h8-36H,1-7H3/b23-22+. The van der Waals surface area contributed by atoms with Crippen LogP contribution in [0.25, 0.3) is 23.3 Å². The molecule has 0 bridgehead atoms. The first-order chi connectivity index (χ1) is 26.9. The molecule has 0 unspecified atom stereocenters. The van der Waals surface area contributed by atoms with Gasteiger partial charge >= 0.3 is 0 Å². The van der Waals surface area contributed by atoms with E-state index in [2.05, 4.69) is 234 Å². The molecule has 1 aliphatic heterocycles. The summed E-state index contributed by atoms with van der Waals surface area (Å²) in [6.07, 6.45) is 4.57. The van der Waals surface area contributed by atoms with Crippen LogP contribution in [0.2, 0.25) is 0 Å². The first-order valence-corrected chi connectivity index (χ1v) is 19.9. The van der Waals surface area contributed by atoms with E-state index in [9.17, 15) is 0 Å². The topological polar surface area (TPSA) is 6.48 Å². The van der Waals surface area contributed by atoms with E-state index in [0.717, 1.165) is 11.4 Å². The van der Waals surface area contributed by atoms with Gasteiger partial charge in [-0.25, -0.2) is 0 Å². The van der Waals surface area contributed by atoms with Crippen molar-refractivity contribution in [2.75, 3.05) is 9.80 Å². The Morgan fingerprint density at radius 3 is 1.57 bits per heavy atom. The van der Waals surface area contributed by atoms with Gasteiger partial charge in [0.05, 0.1) is 11.4 Å². The number of fused-ring (bicyclic) bond motifs is 5. The number of nitrogens with zero attached hydrogens (tertiary/aromatic N) is 2. The molecule has 0 spiro atoms. The van der Waals surface area contributed by atoms with Crippen molar-refractivity contribution < 1.29 is 0 Å². The predicted molar refractivity (Wildman–Crippen MR) is 240 cm³/mol. The van der Waals surface area contributed by atoms with E-state index in [1.165, 1.54) is 72.8 Å². The molecule has 276 valence electrons. The maximum Gasteiger partial charge on any atom is 0.0503 e. The molecule has 0 aromatic heterocycles. The first kappa shape index (κ1) is 35.6. The number of anilines is 6. The summed E-state index contributed by atoms with van der Waals surface area (Å²) < 4.78 is 0. The van der Waals surface area contributed by atoms with Crippen LogP contribution >= 0.6 is 0 Å². The van der Waals surface area contributed by atoms with Gasteiger partial charge in [-0.05, 0) is 122 Å². The highest BCUT2D eigenvalue weighted by Gasteiger charge is 2.38. The molecule has 0 saturated carbocycles. The van der Waals surface area contributed by atoms with Crippen molar-refractivity contribution in [3.63, 3.8) is 0 Å². The summed E-state index contributed by atoms with van der Waals surface area (Å²) in [7, 11) is 0. The van der Waals surface area contributed by atoms with Gasteiger partial charge in [0.1, 0.15) is 0 Å². The Bertz CT molecular complexity index is 2560. The van der Waals surface area contributed by atoms with Gasteiger partial charge in [0.25, 0.3) is 0 Å². The molecule has 7 aromatic rings. The van der Waals surface area contributed by atoms with E-state index in [0.29, 0.717) is 0 Å². The lowest BCUT2D eigenvalue weighted by molar-refractivity contribution is 0.590. The second-order valence-corrected chi connectivity index (χ2v) is 17.6. The molecule has 0 saturated heterocycles. The van der Waals surface area contributed by atoms with Gasteiger partial charge in [-0.3, -0.25) is 0 Å². The highest BCUT2D eigenvalue weighted by molar-refractivity contribution is 5.89. The van der Waals surface area contributed by atoms with Gasteiger partial charge in [0.2, 0.25) is 0 Å². The van der Waals surface area contributed by atoms with Crippen LogP contribution in [-0.4, -0.2) is 0 Å². The molecule has 2 heteroatoms. The molecule has 7 aromatic carbocycles. The van der Waals surface area contributed by atoms with Crippen molar-refractivity contribution in [3.05, 3.63) is 203 Å². The second-order valence-electron chi connectivity index (χ2n) is 17.6. The summed E-state index contributed by atoms with van der Waals surface area (Å²) in [6, 6.07) is 60.4. The number of para-hydroxylation sites is 3. The summed E-state index contributed by atoms with van der Waals surface area (Å²) in [5, 5.41) is 0. The zero-order chi connectivity index (χ0) is 38.8. The molecular weight excluding hydrogens is 677 g/mol. The van der Waals surface area contributed by atoms with Crippen LogP contribution in [0.4, 0.5) is 34.1 Å². The normalized spacial score (nSPS) is 14.9. The lowest BCUT2D eigenvalue weighted by Gasteiger charge is -2.42. The molecule has 2 nitrogen and oxygen atoms in total. The second kappa shape index (κ2) is 13.3. The molecular formula is C54H50N2. The van der Waals surface area contributed by atoms with Crippen LogP contribution in [0.15, 0.2) is 164 Å².